The lowest BCUT2D eigenvalue weighted by atomic mass is 9.95. The summed E-state index contributed by atoms with van der Waals surface area (Å²) in [4.78, 5) is 4.61. The molecule has 20 heavy (non-hydrogen) atoms. The first-order valence-corrected chi connectivity index (χ1v) is 6.13. The van der Waals surface area contributed by atoms with Crippen molar-refractivity contribution >= 4 is 0 Å². The summed E-state index contributed by atoms with van der Waals surface area (Å²) in [6.45, 7) is 1.54. The van der Waals surface area contributed by atoms with Crippen molar-refractivity contribution in [2.45, 2.75) is 24.8 Å². The third-order valence-electron chi connectivity index (χ3n) is 3.30. The number of rotatable bonds is 5. The SMILES string of the molecule is COC1(OC)C=C(C(C)O)C(OO)(c2ccccc2)O1. The van der Waals surface area contributed by atoms with E-state index in [0.29, 0.717) is 5.56 Å². The minimum atomic E-state index is -1.68. The van der Waals surface area contributed by atoms with E-state index in [2.05, 4.69) is 4.89 Å². The van der Waals surface area contributed by atoms with Gasteiger partial charge < -0.3 is 14.6 Å². The van der Waals surface area contributed by atoms with Crippen LogP contribution in [-0.2, 0) is 24.9 Å². The molecule has 1 aliphatic rings. The first kappa shape index (κ1) is 15.1. The van der Waals surface area contributed by atoms with E-state index < -0.39 is 17.9 Å². The van der Waals surface area contributed by atoms with Gasteiger partial charge in [0.05, 0.1) is 6.10 Å². The summed E-state index contributed by atoms with van der Waals surface area (Å²) in [5, 5.41) is 19.4. The van der Waals surface area contributed by atoms with Crippen molar-refractivity contribution in [3.63, 3.8) is 0 Å². The van der Waals surface area contributed by atoms with Crippen LogP contribution >= 0.6 is 0 Å². The molecular weight excluding hydrogens is 264 g/mol. The van der Waals surface area contributed by atoms with Crippen LogP contribution in [0.4, 0.5) is 0 Å². The lowest BCUT2D eigenvalue weighted by Gasteiger charge is -2.33. The molecule has 0 radical (unpaired) electrons. The van der Waals surface area contributed by atoms with Crippen molar-refractivity contribution in [3.8, 4) is 0 Å². The number of hydrogen-bond donors (Lipinski definition) is 2. The summed E-state index contributed by atoms with van der Waals surface area (Å²) >= 11 is 0. The number of benzene rings is 1. The van der Waals surface area contributed by atoms with Crippen molar-refractivity contribution < 1.29 is 29.5 Å². The molecule has 0 saturated heterocycles. The average Bonchev–Trinajstić information content (AvgIpc) is 2.85. The van der Waals surface area contributed by atoms with Gasteiger partial charge in [-0.25, -0.2) is 5.26 Å². The number of ether oxygens (including phenoxy) is 3. The molecule has 1 aliphatic heterocycles. The predicted octanol–water partition coefficient (Wildman–Crippen LogP) is 1.61. The zero-order chi connectivity index (χ0) is 14.8. The summed E-state index contributed by atoms with van der Waals surface area (Å²) in [6.07, 6.45) is 0.510. The molecule has 1 aromatic rings. The van der Waals surface area contributed by atoms with E-state index in [1.807, 2.05) is 6.07 Å². The van der Waals surface area contributed by atoms with Gasteiger partial charge in [-0.1, -0.05) is 30.3 Å². The molecular formula is C14H18O6. The lowest BCUT2D eigenvalue weighted by Crippen LogP contribution is -2.41. The Morgan fingerprint density at radius 1 is 1.15 bits per heavy atom. The van der Waals surface area contributed by atoms with Gasteiger partial charge in [0.2, 0.25) is 0 Å². The van der Waals surface area contributed by atoms with Gasteiger partial charge in [-0.2, -0.15) is 4.89 Å². The third kappa shape index (κ3) is 2.26. The predicted molar refractivity (Wildman–Crippen MR) is 69.4 cm³/mol. The maximum atomic E-state index is 9.95. The molecule has 6 heteroatoms. The Bertz CT molecular complexity index is 480. The molecule has 1 heterocycles. The first-order valence-electron chi connectivity index (χ1n) is 6.13. The summed E-state index contributed by atoms with van der Waals surface area (Å²) in [5.41, 5.74) is 0.792. The highest BCUT2D eigenvalue weighted by molar-refractivity contribution is 5.36. The van der Waals surface area contributed by atoms with Gasteiger partial charge in [-0.3, -0.25) is 4.74 Å². The Kier molecular flexibility index (Phi) is 4.24. The average molecular weight is 282 g/mol. The molecule has 110 valence electrons. The van der Waals surface area contributed by atoms with Crippen LogP contribution in [0.3, 0.4) is 0 Å². The molecule has 0 fully saturated rings. The summed E-state index contributed by atoms with van der Waals surface area (Å²) in [7, 11) is 2.77. The molecule has 2 rings (SSSR count). The second kappa shape index (κ2) is 5.61. The van der Waals surface area contributed by atoms with E-state index in [1.54, 1.807) is 24.3 Å². The van der Waals surface area contributed by atoms with Crippen molar-refractivity contribution in [2.24, 2.45) is 0 Å². The standard InChI is InChI=1S/C14H18O6/c1-10(15)12-9-13(17-2,18-3)19-14(12,20-16)11-7-5-4-6-8-11/h4-10,15-16H,1-3H3. The van der Waals surface area contributed by atoms with Crippen LogP contribution in [-0.4, -0.2) is 36.7 Å². The number of aliphatic hydroxyl groups excluding tert-OH is 1. The van der Waals surface area contributed by atoms with E-state index >= 15 is 0 Å². The molecule has 0 bridgehead atoms. The maximum absolute atomic E-state index is 9.95. The second-order valence-corrected chi connectivity index (χ2v) is 4.46. The Morgan fingerprint density at radius 2 is 1.75 bits per heavy atom. The van der Waals surface area contributed by atoms with E-state index in [-0.39, 0.29) is 5.57 Å². The molecule has 0 spiro atoms. The number of methoxy groups -OCH3 is 2. The van der Waals surface area contributed by atoms with E-state index in [0.717, 1.165) is 0 Å². The summed E-state index contributed by atoms with van der Waals surface area (Å²) in [5.74, 6) is -3.22. The van der Waals surface area contributed by atoms with Gasteiger partial charge in [-0.05, 0) is 6.92 Å². The van der Waals surface area contributed by atoms with Crippen molar-refractivity contribution in [1.82, 2.24) is 0 Å². The fourth-order valence-electron chi connectivity index (χ4n) is 2.26. The maximum Gasteiger partial charge on any atom is 0.307 e. The topological polar surface area (TPSA) is 77.4 Å². The monoisotopic (exact) mass is 282 g/mol. The van der Waals surface area contributed by atoms with Crippen molar-refractivity contribution in [3.05, 3.63) is 47.5 Å². The van der Waals surface area contributed by atoms with Gasteiger partial charge in [0.15, 0.2) is 0 Å². The first-order chi connectivity index (χ1) is 9.53. The van der Waals surface area contributed by atoms with Crippen molar-refractivity contribution in [1.29, 1.82) is 0 Å². The fourth-order valence-corrected chi connectivity index (χ4v) is 2.26. The van der Waals surface area contributed by atoms with Crippen LogP contribution in [0.15, 0.2) is 42.0 Å². The minimum Gasteiger partial charge on any atom is -0.389 e. The van der Waals surface area contributed by atoms with E-state index in [4.69, 9.17) is 14.2 Å². The molecule has 2 N–H and O–H groups in total. The molecule has 0 aromatic heterocycles. The van der Waals surface area contributed by atoms with Crippen molar-refractivity contribution in [2.75, 3.05) is 14.2 Å². The fraction of sp³-hybridized carbons (Fsp3) is 0.429. The van der Waals surface area contributed by atoms with Gasteiger partial charge in [0.1, 0.15) is 0 Å². The van der Waals surface area contributed by atoms with E-state index in [1.165, 1.54) is 27.2 Å². The second-order valence-electron chi connectivity index (χ2n) is 4.46. The van der Waals surface area contributed by atoms with Gasteiger partial charge in [-0.15, -0.1) is 0 Å². The number of hydrogen-bond acceptors (Lipinski definition) is 6. The quantitative estimate of drug-likeness (QED) is 0.370. The summed E-state index contributed by atoms with van der Waals surface area (Å²) < 4.78 is 16.0. The zero-order valence-electron chi connectivity index (χ0n) is 11.6. The van der Waals surface area contributed by atoms with Gasteiger partial charge in [0, 0.05) is 31.4 Å². The Hall–Kier alpha value is -1.28. The van der Waals surface area contributed by atoms with Crippen LogP contribution in [0.5, 0.6) is 0 Å². The highest BCUT2D eigenvalue weighted by atomic mass is 17.2. The Balaban J connectivity index is 2.56. The Labute approximate surface area is 117 Å². The normalized spacial score (nSPS) is 26.4. The molecule has 0 aliphatic carbocycles. The third-order valence-corrected chi connectivity index (χ3v) is 3.30. The Morgan fingerprint density at radius 3 is 2.20 bits per heavy atom. The molecule has 6 nitrogen and oxygen atoms in total. The molecule has 0 amide bonds. The zero-order valence-corrected chi connectivity index (χ0v) is 11.6. The van der Waals surface area contributed by atoms with Crippen LogP contribution in [0.2, 0.25) is 0 Å². The van der Waals surface area contributed by atoms with Gasteiger partial charge in [0.25, 0.3) is 5.79 Å². The summed E-state index contributed by atoms with van der Waals surface area (Å²) in [6, 6.07) is 8.74. The van der Waals surface area contributed by atoms with Crippen LogP contribution < -0.4 is 0 Å². The molecule has 2 unspecified atom stereocenters. The molecule has 1 aromatic carbocycles. The van der Waals surface area contributed by atoms with Crippen LogP contribution in [0.1, 0.15) is 12.5 Å². The minimum absolute atomic E-state index is 0.287. The lowest BCUT2D eigenvalue weighted by molar-refractivity contribution is -0.462. The van der Waals surface area contributed by atoms with Crippen LogP contribution in [0.25, 0.3) is 0 Å². The highest BCUT2D eigenvalue weighted by Gasteiger charge is 2.55. The molecule has 2 atom stereocenters. The van der Waals surface area contributed by atoms with Gasteiger partial charge >= 0.3 is 5.97 Å². The highest BCUT2D eigenvalue weighted by Crippen LogP contribution is 2.46. The van der Waals surface area contributed by atoms with E-state index in [9.17, 15) is 10.4 Å². The largest absolute Gasteiger partial charge is 0.389 e. The number of aliphatic hydroxyl groups is 1. The molecule has 0 saturated carbocycles. The van der Waals surface area contributed by atoms with Crippen LogP contribution in [0, 0.1) is 0 Å². The smallest absolute Gasteiger partial charge is 0.307 e.